The highest BCUT2D eigenvalue weighted by Crippen LogP contribution is 2.40. The molecule has 4 rings (SSSR count). The van der Waals surface area contributed by atoms with E-state index in [1.165, 1.54) is 30.4 Å². The maximum Gasteiger partial charge on any atom is 0.417 e. The number of alkyl halides is 3. The Morgan fingerprint density at radius 1 is 1.03 bits per heavy atom. The Kier molecular flexibility index (Phi) is 6.97. The number of aryl methyl sites for hydroxylation is 1. The SMILES string of the molecule is CC1=Cc2cc(C(F)(F)F)c(C(=O)N=C(N)N)cc2S1(=O)=O.Cc1cc2cc(F)c(C(=O)O)cc2s1. The van der Waals surface area contributed by atoms with E-state index in [1.54, 1.807) is 0 Å². The van der Waals surface area contributed by atoms with Crippen LogP contribution in [0.3, 0.4) is 0 Å². The summed E-state index contributed by atoms with van der Waals surface area (Å²) in [4.78, 5) is 26.0. The summed E-state index contributed by atoms with van der Waals surface area (Å²) in [6.07, 6.45) is -3.76. The van der Waals surface area contributed by atoms with Gasteiger partial charge in [0.2, 0.25) is 9.84 Å². The maximum atomic E-state index is 13.2. The molecule has 1 aliphatic heterocycles. The number of halogens is 4. The van der Waals surface area contributed by atoms with Gasteiger partial charge in [-0.15, -0.1) is 11.3 Å². The molecule has 5 N–H and O–H groups in total. The topological polar surface area (TPSA) is 153 Å². The average molecular weight is 544 g/mol. The molecule has 0 bridgehead atoms. The molecule has 0 aliphatic carbocycles. The number of hydrogen-bond acceptors (Lipinski definition) is 5. The highest BCUT2D eigenvalue weighted by molar-refractivity contribution is 7.95. The fourth-order valence-corrected chi connectivity index (χ4v) is 5.63. The minimum absolute atomic E-state index is 0.109. The molecule has 8 nitrogen and oxygen atoms in total. The van der Waals surface area contributed by atoms with Crippen molar-refractivity contribution >= 4 is 55.2 Å². The maximum absolute atomic E-state index is 13.2. The number of thiophene rings is 1. The number of benzene rings is 2. The number of nitrogens with two attached hydrogens (primary N) is 2. The number of rotatable bonds is 2. The van der Waals surface area contributed by atoms with Gasteiger partial charge in [-0.25, -0.2) is 17.6 Å². The van der Waals surface area contributed by atoms with Crippen molar-refractivity contribution in [3.05, 3.63) is 68.2 Å². The number of amides is 1. The van der Waals surface area contributed by atoms with Crippen molar-refractivity contribution in [3.8, 4) is 0 Å². The van der Waals surface area contributed by atoms with Crippen LogP contribution < -0.4 is 11.5 Å². The third kappa shape index (κ3) is 5.23. The van der Waals surface area contributed by atoms with Crippen LogP contribution in [0.1, 0.15) is 43.6 Å². The van der Waals surface area contributed by atoms with Crippen LogP contribution in [0.25, 0.3) is 16.2 Å². The van der Waals surface area contributed by atoms with Gasteiger partial charge in [-0.1, -0.05) is 0 Å². The molecule has 1 amide bonds. The summed E-state index contributed by atoms with van der Waals surface area (Å²) >= 11 is 1.46. The molecule has 0 saturated carbocycles. The molecule has 3 aromatic rings. The molecule has 0 fully saturated rings. The Labute approximate surface area is 205 Å². The van der Waals surface area contributed by atoms with E-state index < -0.39 is 50.8 Å². The van der Waals surface area contributed by atoms with Gasteiger partial charge in [0, 0.05) is 14.5 Å². The number of fused-ring (bicyclic) bond motifs is 2. The first kappa shape index (κ1) is 26.8. The van der Waals surface area contributed by atoms with Crippen molar-refractivity contribution in [2.75, 3.05) is 0 Å². The van der Waals surface area contributed by atoms with E-state index in [1.807, 2.05) is 13.0 Å². The summed E-state index contributed by atoms with van der Waals surface area (Å²) in [6, 6.07) is 5.73. The molecule has 1 aromatic heterocycles. The lowest BCUT2D eigenvalue weighted by molar-refractivity contribution is -0.138. The molecule has 0 spiro atoms. The fraction of sp³-hybridized carbons (Fsp3) is 0.136. The molecule has 2 heterocycles. The number of carboxylic acids is 1. The van der Waals surface area contributed by atoms with Crippen LogP contribution in [-0.2, 0) is 16.0 Å². The Hall–Kier alpha value is -3.78. The number of carbonyl (C=O) groups is 2. The number of guanidine groups is 1. The quantitative estimate of drug-likeness (QED) is 0.247. The zero-order chi connectivity index (χ0) is 27.2. The number of aromatic carboxylic acids is 1. The van der Waals surface area contributed by atoms with Crippen molar-refractivity contribution in [3.63, 3.8) is 0 Å². The van der Waals surface area contributed by atoms with Gasteiger partial charge in [-0.3, -0.25) is 4.79 Å². The highest BCUT2D eigenvalue weighted by atomic mass is 32.2. The van der Waals surface area contributed by atoms with Crippen molar-refractivity contribution in [2.45, 2.75) is 24.9 Å². The molecule has 0 unspecified atom stereocenters. The van der Waals surface area contributed by atoms with Crippen molar-refractivity contribution in [2.24, 2.45) is 16.5 Å². The predicted molar refractivity (Wildman–Crippen MR) is 126 cm³/mol. The van der Waals surface area contributed by atoms with Crippen LogP contribution >= 0.6 is 11.3 Å². The van der Waals surface area contributed by atoms with E-state index in [4.69, 9.17) is 16.6 Å². The largest absolute Gasteiger partial charge is 0.478 e. The smallest absolute Gasteiger partial charge is 0.417 e. The first-order valence-corrected chi connectivity index (χ1v) is 12.1. The van der Waals surface area contributed by atoms with E-state index in [0.29, 0.717) is 12.1 Å². The average Bonchev–Trinajstić information content (AvgIpc) is 3.20. The van der Waals surface area contributed by atoms with Gasteiger partial charge in [-0.05, 0) is 61.2 Å². The number of aliphatic imine (C=N–C) groups is 1. The van der Waals surface area contributed by atoms with Gasteiger partial charge >= 0.3 is 12.1 Å². The summed E-state index contributed by atoms with van der Waals surface area (Å²) in [7, 11) is -3.90. The number of hydrogen-bond donors (Lipinski definition) is 3. The molecular weight excluding hydrogens is 526 g/mol. The minimum atomic E-state index is -4.87. The molecule has 0 radical (unpaired) electrons. The predicted octanol–water partition coefficient (Wildman–Crippen LogP) is 4.31. The number of allylic oxidation sites excluding steroid dienone is 1. The van der Waals surface area contributed by atoms with Gasteiger partial charge < -0.3 is 16.6 Å². The van der Waals surface area contributed by atoms with Crippen molar-refractivity contribution in [1.82, 2.24) is 0 Å². The Balaban J connectivity index is 0.000000221. The van der Waals surface area contributed by atoms with Gasteiger partial charge in [-0.2, -0.15) is 18.2 Å². The molecule has 36 heavy (non-hydrogen) atoms. The Morgan fingerprint density at radius 2 is 1.67 bits per heavy atom. The molecule has 1 aliphatic rings. The summed E-state index contributed by atoms with van der Waals surface area (Å²) in [6.45, 7) is 3.16. The minimum Gasteiger partial charge on any atom is -0.478 e. The van der Waals surface area contributed by atoms with Crippen LogP contribution in [-0.4, -0.2) is 31.4 Å². The molecular formula is C22H17F4N3O5S2. The first-order chi connectivity index (χ1) is 16.5. The zero-order valence-corrected chi connectivity index (χ0v) is 20.1. The second kappa shape index (κ2) is 9.35. The number of sulfone groups is 1. The van der Waals surface area contributed by atoms with Crippen LogP contribution in [0.2, 0.25) is 0 Å². The Bertz CT molecular complexity index is 1590. The van der Waals surface area contributed by atoms with Crippen LogP contribution in [0.5, 0.6) is 0 Å². The van der Waals surface area contributed by atoms with E-state index in [9.17, 15) is 35.6 Å². The summed E-state index contributed by atoms with van der Waals surface area (Å²) in [5.74, 6) is -4.00. The Morgan fingerprint density at radius 3 is 2.22 bits per heavy atom. The molecule has 0 atom stereocenters. The zero-order valence-electron chi connectivity index (χ0n) is 18.5. The fourth-order valence-electron chi connectivity index (χ4n) is 3.36. The highest BCUT2D eigenvalue weighted by Gasteiger charge is 2.39. The molecule has 2 aromatic carbocycles. The third-order valence-electron chi connectivity index (χ3n) is 4.95. The monoisotopic (exact) mass is 543 g/mol. The summed E-state index contributed by atoms with van der Waals surface area (Å²) in [5.41, 5.74) is 7.32. The molecule has 0 saturated heterocycles. The van der Waals surface area contributed by atoms with Gasteiger partial charge in [0.05, 0.1) is 21.6 Å². The lowest BCUT2D eigenvalue weighted by atomic mass is 10.0. The summed E-state index contributed by atoms with van der Waals surface area (Å²) in [5, 5.41) is 9.46. The van der Waals surface area contributed by atoms with Crippen LogP contribution in [0, 0.1) is 12.7 Å². The van der Waals surface area contributed by atoms with Gasteiger partial charge in [0.25, 0.3) is 5.91 Å². The van der Waals surface area contributed by atoms with E-state index >= 15 is 0 Å². The molecule has 190 valence electrons. The lowest BCUT2D eigenvalue weighted by Crippen LogP contribution is -2.25. The van der Waals surface area contributed by atoms with Crippen molar-refractivity contribution < 1.29 is 40.7 Å². The van der Waals surface area contributed by atoms with E-state index in [2.05, 4.69) is 4.99 Å². The van der Waals surface area contributed by atoms with Crippen molar-refractivity contribution in [1.29, 1.82) is 0 Å². The molecule has 14 heteroatoms. The second-order valence-corrected chi connectivity index (χ2v) is 10.9. The van der Waals surface area contributed by atoms with Crippen LogP contribution in [0.4, 0.5) is 17.6 Å². The van der Waals surface area contributed by atoms with E-state index in [-0.39, 0.29) is 20.9 Å². The second-order valence-electron chi connectivity index (χ2n) is 7.57. The van der Waals surface area contributed by atoms with E-state index in [0.717, 1.165) is 21.0 Å². The van der Waals surface area contributed by atoms with Gasteiger partial charge in [0.15, 0.2) is 5.96 Å². The van der Waals surface area contributed by atoms with Crippen LogP contribution in [0.15, 0.2) is 45.1 Å². The number of carbonyl (C=O) groups excluding carboxylic acids is 1. The third-order valence-corrected chi connectivity index (χ3v) is 7.86. The summed E-state index contributed by atoms with van der Waals surface area (Å²) < 4.78 is 77.2. The lowest BCUT2D eigenvalue weighted by Gasteiger charge is -2.12. The van der Waals surface area contributed by atoms with Gasteiger partial charge in [0.1, 0.15) is 5.82 Å². The number of nitrogens with zero attached hydrogens (tertiary/aromatic N) is 1. The normalized spacial score (nSPS) is 13.9. The number of carboxylic acid groups (broad SMARTS) is 1. The standard InChI is InChI=1S/C12H10F3N3O3S.C10H7FO2S/c1-5-2-6-3-8(12(13,14)15)7(10(19)18-11(16)17)4-9(6)22(5,20)21;1-5-2-6-3-8(11)7(10(12)13)4-9(6)14-5/h2-4H,1H3,(H4,16,17,18,19);2-4H,1H3,(H,12,13). The first-order valence-electron chi connectivity index (χ1n) is 9.78.